The van der Waals surface area contributed by atoms with E-state index in [-0.39, 0.29) is 23.9 Å². The van der Waals surface area contributed by atoms with Crippen molar-refractivity contribution in [3.63, 3.8) is 0 Å². The molecule has 128 valence electrons. The molecule has 24 heavy (non-hydrogen) atoms. The van der Waals surface area contributed by atoms with Crippen LogP contribution in [0, 0.1) is 12.7 Å². The second-order valence-corrected chi connectivity index (χ2v) is 5.89. The number of aromatic nitrogens is 1. The Balaban J connectivity index is 1.62. The minimum Gasteiger partial charge on any atom is -0.371 e. The predicted molar refractivity (Wildman–Crippen MR) is 86.0 cm³/mol. The second kappa shape index (κ2) is 7.11. The molecule has 1 fully saturated rings. The molecule has 2 atom stereocenters. The van der Waals surface area contributed by atoms with Crippen LogP contribution in [0.25, 0.3) is 0 Å². The molecule has 1 aliphatic rings. The van der Waals surface area contributed by atoms with Gasteiger partial charge in [0.25, 0.3) is 0 Å². The Morgan fingerprint density at radius 2 is 2.17 bits per heavy atom. The number of carbonyl (C=O) groups excluding carboxylic acids is 1. The third kappa shape index (κ3) is 3.80. The standard InChI is InChI=1S/C17H20FN3O3/c1-11-9-16(20-24-11)19-17(22)12(2)21-7-8-23-15(10-21)13-3-5-14(18)6-4-13/h3-6,9,12,15H,7-8,10H2,1-2H3,(H,19,20,22)/t12-,15-/m0/s1. The van der Waals surface area contributed by atoms with Crippen LogP contribution in [0.4, 0.5) is 10.2 Å². The Labute approximate surface area is 139 Å². The van der Waals surface area contributed by atoms with Crippen LogP contribution in [-0.2, 0) is 9.53 Å². The number of hydrogen-bond acceptors (Lipinski definition) is 5. The SMILES string of the molecule is Cc1cc(NC(=O)[C@H](C)N2CCO[C@H](c3ccc(F)cc3)C2)no1. The highest BCUT2D eigenvalue weighted by molar-refractivity contribution is 5.93. The highest BCUT2D eigenvalue weighted by Gasteiger charge is 2.29. The third-order valence-corrected chi connectivity index (χ3v) is 4.15. The van der Waals surface area contributed by atoms with Crippen molar-refractivity contribution in [2.45, 2.75) is 26.0 Å². The van der Waals surface area contributed by atoms with Crippen LogP contribution in [0.15, 0.2) is 34.9 Å². The fourth-order valence-corrected chi connectivity index (χ4v) is 2.72. The number of morpholine rings is 1. The van der Waals surface area contributed by atoms with E-state index in [0.29, 0.717) is 31.3 Å². The van der Waals surface area contributed by atoms with Gasteiger partial charge in [0.15, 0.2) is 5.82 Å². The van der Waals surface area contributed by atoms with Gasteiger partial charge in [-0.3, -0.25) is 9.69 Å². The van der Waals surface area contributed by atoms with Crippen LogP contribution in [0.1, 0.15) is 24.4 Å². The lowest BCUT2D eigenvalue weighted by atomic mass is 10.1. The molecule has 2 aromatic rings. The molecule has 0 bridgehead atoms. The molecule has 1 N–H and O–H groups in total. The topological polar surface area (TPSA) is 67.6 Å². The van der Waals surface area contributed by atoms with E-state index >= 15 is 0 Å². The highest BCUT2D eigenvalue weighted by Crippen LogP contribution is 2.24. The first-order chi connectivity index (χ1) is 11.5. The van der Waals surface area contributed by atoms with Gasteiger partial charge < -0.3 is 14.6 Å². The Morgan fingerprint density at radius 1 is 1.42 bits per heavy atom. The van der Waals surface area contributed by atoms with E-state index in [2.05, 4.69) is 10.5 Å². The summed E-state index contributed by atoms with van der Waals surface area (Å²) >= 11 is 0. The van der Waals surface area contributed by atoms with Crippen molar-refractivity contribution in [3.05, 3.63) is 47.5 Å². The van der Waals surface area contributed by atoms with Crippen molar-refractivity contribution in [1.82, 2.24) is 10.1 Å². The molecule has 1 aromatic heterocycles. The molecular weight excluding hydrogens is 313 g/mol. The van der Waals surface area contributed by atoms with Gasteiger partial charge in [0.1, 0.15) is 11.6 Å². The minimum atomic E-state index is -0.339. The largest absolute Gasteiger partial charge is 0.371 e. The molecule has 0 saturated carbocycles. The summed E-state index contributed by atoms with van der Waals surface area (Å²) < 4.78 is 23.8. The lowest BCUT2D eigenvalue weighted by molar-refractivity contribution is -0.124. The van der Waals surface area contributed by atoms with Crippen LogP contribution in [0.5, 0.6) is 0 Å². The maximum absolute atomic E-state index is 13.1. The van der Waals surface area contributed by atoms with Crippen molar-refractivity contribution in [3.8, 4) is 0 Å². The van der Waals surface area contributed by atoms with E-state index in [9.17, 15) is 9.18 Å². The molecule has 0 unspecified atom stereocenters. The molecule has 1 saturated heterocycles. The molecule has 1 aromatic carbocycles. The Morgan fingerprint density at radius 3 is 2.83 bits per heavy atom. The zero-order chi connectivity index (χ0) is 17.1. The number of nitrogens with one attached hydrogen (secondary N) is 1. The van der Waals surface area contributed by atoms with E-state index in [1.807, 2.05) is 11.8 Å². The monoisotopic (exact) mass is 333 g/mol. The van der Waals surface area contributed by atoms with E-state index in [4.69, 9.17) is 9.26 Å². The maximum atomic E-state index is 13.1. The number of benzene rings is 1. The summed E-state index contributed by atoms with van der Waals surface area (Å²) in [5, 5.41) is 6.51. The molecule has 0 spiro atoms. The number of halogens is 1. The third-order valence-electron chi connectivity index (χ3n) is 4.15. The van der Waals surface area contributed by atoms with Crippen LogP contribution >= 0.6 is 0 Å². The van der Waals surface area contributed by atoms with Crippen LogP contribution in [-0.4, -0.2) is 41.7 Å². The first-order valence-electron chi connectivity index (χ1n) is 7.88. The molecular formula is C17H20FN3O3. The van der Waals surface area contributed by atoms with E-state index < -0.39 is 0 Å². The fourth-order valence-electron chi connectivity index (χ4n) is 2.72. The summed E-state index contributed by atoms with van der Waals surface area (Å²) in [6.45, 7) is 5.35. The molecule has 0 radical (unpaired) electrons. The Bertz CT molecular complexity index is 701. The van der Waals surface area contributed by atoms with Crippen LogP contribution < -0.4 is 5.32 Å². The lowest BCUT2D eigenvalue weighted by Crippen LogP contribution is -2.48. The number of nitrogens with zero attached hydrogens (tertiary/aromatic N) is 2. The van der Waals surface area contributed by atoms with E-state index in [1.165, 1.54) is 12.1 Å². The van der Waals surface area contributed by atoms with E-state index in [1.54, 1.807) is 25.1 Å². The van der Waals surface area contributed by atoms with Gasteiger partial charge in [0, 0.05) is 19.2 Å². The smallest absolute Gasteiger partial charge is 0.242 e. The van der Waals surface area contributed by atoms with Crippen molar-refractivity contribution in [2.24, 2.45) is 0 Å². The molecule has 1 amide bonds. The first kappa shape index (κ1) is 16.6. The molecule has 0 aliphatic carbocycles. The molecule has 1 aliphatic heterocycles. The van der Waals surface area contributed by atoms with Crippen LogP contribution in [0.2, 0.25) is 0 Å². The first-order valence-corrected chi connectivity index (χ1v) is 7.88. The van der Waals surface area contributed by atoms with Gasteiger partial charge >= 0.3 is 0 Å². The summed E-state index contributed by atoms with van der Waals surface area (Å²) in [5.74, 6) is 0.624. The van der Waals surface area contributed by atoms with Crippen molar-refractivity contribution < 1.29 is 18.4 Å². The lowest BCUT2D eigenvalue weighted by Gasteiger charge is -2.36. The van der Waals surface area contributed by atoms with Gasteiger partial charge in [0.2, 0.25) is 5.91 Å². The fraction of sp³-hybridized carbons (Fsp3) is 0.412. The minimum absolute atomic E-state index is 0.150. The van der Waals surface area contributed by atoms with Gasteiger partial charge in [-0.25, -0.2) is 4.39 Å². The Kier molecular flexibility index (Phi) is 4.92. The van der Waals surface area contributed by atoms with Gasteiger partial charge in [0.05, 0.1) is 18.8 Å². The number of rotatable bonds is 4. The molecule has 6 nitrogen and oxygen atoms in total. The van der Waals surface area contributed by atoms with Gasteiger partial charge in [-0.15, -0.1) is 0 Å². The number of hydrogen-bond donors (Lipinski definition) is 1. The average Bonchev–Trinajstić information content (AvgIpc) is 3.00. The average molecular weight is 333 g/mol. The summed E-state index contributed by atoms with van der Waals surface area (Å²) in [7, 11) is 0. The molecule has 2 heterocycles. The molecule has 7 heteroatoms. The zero-order valence-electron chi connectivity index (χ0n) is 13.7. The van der Waals surface area contributed by atoms with Gasteiger partial charge in [-0.2, -0.15) is 0 Å². The van der Waals surface area contributed by atoms with Crippen molar-refractivity contribution in [1.29, 1.82) is 0 Å². The normalized spacial score (nSPS) is 19.9. The number of anilines is 1. The highest BCUT2D eigenvalue weighted by atomic mass is 19.1. The van der Waals surface area contributed by atoms with E-state index in [0.717, 1.165) is 5.56 Å². The Hall–Kier alpha value is -2.25. The van der Waals surface area contributed by atoms with Crippen LogP contribution in [0.3, 0.4) is 0 Å². The number of carbonyl (C=O) groups is 1. The summed E-state index contributed by atoms with van der Waals surface area (Å²) in [5.41, 5.74) is 0.904. The number of ether oxygens (including phenoxy) is 1. The second-order valence-electron chi connectivity index (χ2n) is 5.89. The quantitative estimate of drug-likeness (QED) is 0.931. The summed E-state index contributed by atoms with van der Waals surface area (Å²) in [6.07, 6.45) is -0.177. The number of amides is 1. The van der Waals surface area contributed by atoms with Crippen molar-refractivity contribution in [2.75, 3.05) is 25.0 Å². The summed E-state index contributed by atoms with van der Waals surface area (Å²) in [4.78, 5) is 14.4. The van der Waals surface area contributed by atoms with Crippen molar-refractivity contribution >= 4 is 11.7 Å². The number of aryl methyl sites for hydroxylation is 1. The van der Waals surface area contributed by atoms with Gasteiger partial charge in [-0.05, 0) is 31.5 Å². The summed E-state index contributed by atoms with van der Waals surface area (Å²) in [6, 6.07) is 7.60. The van der Waals surface area contributed by atoms with Gasteiger partial charge in [-0.1, -0.05) is 17.3 Å². The maximum Gasteiger partial charge on any atom is 0.242 e. The predicted octanol–water partition coefficient (Wildman–Crippen LogP) is 2.52. The zero-order valence-corrected chi connectivity index (χ0v) is 13.7. The molecule has 3 rings (SSSR count).